The number of hydrogen-bond acceptors (Lipinski definition) is 6. The molecule has 0 radical (unpaired) electrons. The third-order valence-electron chi connectivity index (χ3n) is 5.04. The highest BCUT2D eigenvalue weighted by Gasteiger charge is 2.21. The summed E-state index contributed by atoms with van der Waals surface area (Å²) in [4.78, 5) is 36.2. The van der Waals surface area contributed by atoms with E-state index in [4.69, 9.17) is 9.15 Å². The average Bonchev–Trinajstić information content (AvgIpc) is 2.75. The van der Waals surface area contributed by atoms with Crippen LogP contribution in [0.1, 0.15) is 22.3 Å². The summed E-state index contributed by atoms with van der Waals surface area (Å²) in [6, 6.07) is 12.1. The van der Waals surface area contributed by atoms with E-state index in [-0.39, 0.29) is 12.4 Å². The van der Waals surface area contributed by atoms with Crippen LogP contribution in [0.4, 0.5) is 0 Å². The number of carbonyl (C=O) groups is 2. The number of thioether (sulfide) groups is 1. The highest BCUT2D eigenvalue weighted by atomic mass is 32.2. The van der Waals surface area contributed by atoms with Gasteiger partial charge in [0.15, 0.2) is 6.61 Å². The number of amides is 1. The Morgan fingerprint density at radius 3 is 2.56 bits per heavy atom. The van der Waals surface area contributed by atoms with Crippen molar-refractivity contribution in [3.05, 3.63) is 75.1 Å². The number of ether oxygens (including phenoxy) is 1. The molecule has 1 unspecified atom stereocenters. The maximum absolute atomic E-state index is 12.7. The van der Waals surface area contributed by atoms with Gasteiger partial charge in [-0.1, -0.05) is 30.3 Å². The molecular formula is C24H25NO6S. The van der Waals surface area contributed by atoms with Crippen molar-refractivity contribution >= 4 is 34.6 Å². The first-order valence-corrected chi connectivity index (χ1v) is 11.4. The Labute approximate surface area is 189 Å². The van der Waals surface area contributed by atoms with Crippen LogP contribution in [0.25, 0.3) is 11.0 Å². The molecule has 2 N–H and O–H groups in total. The van der Waals surface area contributed by atoms with E-state index in [0.29, 0.717) is 28.7 Å². The molecule has 168 valence electrons. The summed E-state index contributed by atoms with van der Waals surface area (Å²) in [5.41, 5.74) is 3.00. The molecule has 0 aliphatic carbocycles. The van der Waals surface area contributed by atoms with Gasteiger partial charge in [-0.15, -0.1) is 0 Å². The largest absolute Gasteiger partial charge is 0.483 e. The van der Waals surface area contributed by atoms with E-state index in [1.807, 2.05) is 44.2 Å². The van der Waals surface area contributed by atoms with E-state index in [9.17, 15) is 19.5 Å². The van der Waals surface area contributed by atoms with Gasteiger partial charge in [-0.2, -0.15) is 11.8 Å². The van der Waals surface area contributed by atoms with E-state index in [2.05, 4.69) is 5.32 Å². The normalized spacial score (nSPS) is 11.8. The first-order valence-electron chi connectivity index (χ1n) is 10.0. The van der Waals surface area contributed by atoms with Gasteiger partial charge in [0.05, 0.1) is 5.39 Å². The van der Waals surface area contributed by atoms with Gasteiger partial charge in [0.25, 0.3) is 5.91 Å². The number of benzene rings is 2. The van der Waals surface area contributed by atoms with Crippen molar-refractivity contribution in [2.45, 2.75) is 26.3 Å². The Kier molecular flexibility index (Phi) is 7.58. The monoisotopic (exact) mass is 455 g/mol. The van der Waals surface area contributed by atoms with Crippen molar-refractivity contribution < 1.29 is 23.8 Å². The van der Waals surface area contributed by atoms with E-state index >= 15 is 0 Å². The molecule has 3 rings (SSSR count). The number of aliphatic carboxylic acids is 1. The summed E-state index contributed by atoms with van der Waals surface area (Å²) in [5.74, 6) is -0.985. The quantitative estimate of drug-likeness (QED) is 0.477. The molecular weight excluding hydrogens is 430 g/mol. The number of carboxylic acids is 1. The van der Waals surface area contributed by atoms with Crippen LogP contribution in [0.5, 0.6) is 5.75 Å². The Morgan fingerprint density at radius 2 is 1.91 bits per heavy atom. The fraction of sp³-hybridized carbons (Fsp3) is 0.292. The SMILES string of the molecule is CSCC(NC(=O)COc1cc(C)cc2oc(=O)c(Cc3ccccc3)c(C)c12)C(=O)O. The van der Waals surface area contributed by atoms with Crippen molar-refractivity contribution in [3.63, 3.8) is 0 Å². The van der Waals surface area contributed by atoms with Gasteiger partial charge < -0.3 is 19.6 Å². The van der Waals surface area contributed by atoms with Crippen molar-refractivity contribution in [2.75, 3.05) is 18.6 Å². The van der Waals surface area contributed by atoms with Crippen LogP contribution >= 0.6 is 11.8 Å². The maximum atomic E-state index is 12.7. The van der Waals surface area contributed by atoms with Crippen LogP contribution in [0.15, 0.2) is 51.7 Å². The number of rotatable bonds is 9. The minimum Gasteiger partial charge on any atom is -0.483 e. The zero-order valence-corrected chi connectivity index (χ0v) is 19.0. The number of aryl methyl sites for hydroxylation is 2. The molecule has 1 heterocycles. The zero-order valence-electron chi connectivity index (χ0n) is 18.1. The fourth-order valence-corrected chi connectivity index (χ4v) is 4.04. The molecule has 0 saturated heterocycles. The van der Waals surface area contributed by atoms with Gasteiger partial charge in [0, 0.05) is 17.7 Å². The van der Waals surface area contributed by atoms with Crippen LogP contribution in [0.2, 0.25) is 0 Å². The predicted molar refractivity (Wildman–Crippen MR) is 125 cm³/mol. The molecule has 3 aromatic rings. The van der Waals surface area contributed by atoms with Crippen LogP contribution < -0.4 is 15.7 Å². The van der Waals surface area contributed by atoms with E-state index in [1.165, 1.54) is 11.8 Å². The zero-order chi connectivity index (χ0) is 23.3. The number of nitrogens with one attached hydrogen (secondary N) is 1. The van der Waals surface area contributed by atoms with Gasteiger partial charge in [0.2, 0.25) is 0 Å². The lowest BCUT2D eigenvalue weighted by Crippen LogP contribution is -2.44. The molecule has 1 aromatic heterocycles. The second-order valence-electron chi connectivity index (χ2n) is 7.49. The number of carboxylic acid groups (broad SMARTS) is 1. The fourth-order valence-electron chi connectivity index (χ4n) is 3.48. The van der Waals surface area contributed by atoms with Crippen molar-refractivity contribution in [3.8, 4) is 5.75 Å². The molecule has 0 bridgehead atoms. The van der Waals surface area contributed by atoms with Crippen molar-refractivity contribution in [1.82, 2.24) is 5.32 Å². The van der Waals surface area contributed by atoms with Gasteiger partial charge in [-0.3, -0.25) is 4.79 Å². The van der Waals surface area contributed by atoms with E-state index in [1.54, 1.807) is 18.4 Å². The molecule has 1 atom stereocenters. The molecule has 7 nitrogen and oxygen atoms in total. The first kappa shape index (κ1) is 23.4. The van der Waals surface area contributed by atoms with Crippen molar-refractivity contribution in [2.24, 2.45) is 0 Å². The second kappa shape index (κ2) is 10.4. The summed E-state index contributed by atoms with van der Waals surface area (Å²) in [6.07, 6.45) is 2.18. The summed E-state index contributed by atoms with van der Waals surface area (Å²) in [7, 11) is 0. The van der Waals surface area contributed by atoms with Crippen LogP contribution in [-0.4, -0.2) is 41.6 Å². The molecule has 0 spiro atoms. The Bertz CT molecular complexity index is 1190. The molecule has 8 heteroatoms. The minimum atomic E-state index is -1.10. The lowest BCUT2D eigenvalue weighted by molar-refractivity contribution is -0.141. The molecule has 1 amide bonds. The van der Waals surface area contributed by atoms with E-state index < -0.39 is 23.5 Å². The summed E-state index contributed by atoms with van der Waals surface area (Å²) in [6.45, 7) is 3.31. The highest BCUT2D eigenvalue weighted by Crippen LogP contribution is 2.31. The third-order valence-corrected chi connectivity index (χ3v) is 5.70. The number of hydrogen-bond donors (Lipinski definition) is 2. The van der Waals surface area contributed by atoms with Gasteiger partial charge in [-0.05, 0) is 48.9 Å². The average molecular weight is 456 g/mol. The van der Waals surface area contributed by atoms with Gasteiger partial charge >= 0.3 is 11.6 Å². The number of fused-ring (bicyclic) bond motifs is 1. The Hall–Kier alpha value is -3.26. The summed E-state index contributed by atoms with van der Waals surface area (Å²) < 4.78 is 11.4. The van der Waals surface area contributed by atoms with Crippen LogP contribution in [0.3, 0.4) is 0 Å². The Balaban J connectivity index is 1.91. The smallest absolute Gasteiger partial charge is 0.340 e. The number of carbonyl (C=O) groups excluding carboxylic acids is 1. The summed E-state index contributed by atoms with van der Waals surface area (Å²) in [5, 5.41) is 12.3. The third kappa shape index (κ3) is 5.50. The molecule has 2 aromatic carbocycles. The minimum absolute atomic E-state index is 0.252. The van der Waals surface area contributed by atoms with Crippen molar-refractivity contribution in [1.29, 1.82) is 0 Å². The predicted octanol–water partition coefficient (Wildman–Crippen LogP) is 3.31. The van der Waals surface area contributed by atoms with Gasteiger partial charge in [0.1, 0.15) is 17.4 Å². The molecule has 0 saturated carbocycles. The highest BCUT2D eigenvalue weighted by molar-refractivity contribution is 7.98. The summed E-state index contributed by atoms with van der Waals surface area (Å²) >= 11 is 1.33. The standard InChI is InChI=1S/C24H25NO6S/c1-14-9-19(30-12-21(26)25-18(13-32-3)23(27)28)22-15(2)17(24(29)31-20(22)10-14)11-16-7-5-4-6-8-16/h4-10,18H,11-13H2,1-3H3,(H,25,26)(H,27,28). The first-order chi connectivity index (χ1) is 15.3. The van der Waals surface area contributed by atoms with Gasteiger partial charge in [-0.25, -0.2) is 9.59 Å². The van der Waals surface area contributed by atoms with Crippen LogP contribution in [-0.2, 0) is 16.0 Å². The maximum Gasteiger partial charge on any atom is 0.340 e. The Morgan fingerprint density at radius 1 is 1.19 bits per heavy atom. The lowest BCUT2D eigenvalue weighted by atomic mass is 9.98. The van der Waals surface area contributed by atoms with Crippen LogP contribution in [0, 0.1) is 13.8 Å². The second-order valence-corrected chi connectivity index (χ2v) is 8.40. The molecule has 32 heavy (non-hydrogen) atoms. The molecule has 0 aliphatic heterocycles. The van der Waals surface area contributed by atoms with E-state index in [0.717, 1.165) is 16.7 Å². The molecule has 0 fully saturated rings. The topological polar surface area (TPSA) is 106 Å². The lowest BCUT2D eigenvalue weighted by Gasteiger charge is -2.16. The molecule has 0 aliphatic rings.